The Morgan fingerprint density at radius 1 is 1.35 bits per heavy atom. The molecule has 4 heteroatoms. The predicted molar refractivity (Wildman–Crippen MR) is 79.1 cm³/mol. The number of ether oxygens (including phenoxy) is 1. The van der Waals surface area contributed by atoms with E-state index in [0.717, 1.165) is 31.6 Å². The lowest BCUT2D eigenvalue weighted by molar-refractivity contribution is 0.146. The number of carbonyl (C=O) groups excluding carboxylic acids is 1. The zero-order chi connectivity index (χ0) is 13.8. The van der Waals surface area contributed by atoms with Crippen molar-refractivity contribution >= 4 is 11.8 Å². The van der Waals surface area contributed by atoms with Crippen LogP contribution in [0.1, 0.15) is 31.2 Å². The molecule has 1 amide bonds. The van der Waals surface area contributed by atoms with Gasteiger partial charge in [-0.15, -0.1) is 0 Å². The van der Waals surface area contributed by atoms with Crippen molar-refractivity contribution in [1.29, 1.82) is 0 Å². The maximum absolute atomic E-state index is 12.1. The number of carbonyl (C=O) groups is 1. The van der Waals surface area contributed by atoms with Gasteiger partial charge in [-0.05, 0) is 43.9 Å². The van der Waals surface area contributed by atoms with Gasteiger partial charge in [0.25, 0.3) is 0 Å². The predicted octanol–water partition coefficient (Wildman–Crippen LogP) is 2.72. The summed E-state index contributed by atoms with van der Waals surface area (Å²) >= 11 is 0. The van der Waals surface area contributed by atoms with Gasteiger partial charge < -0.3 is 10.1 Å². The number of anilines is 1. The summed E-state index contributed by atoms with van der Waals surface area (Å²) in [4.78, 5) is 13.9. The summed E-state index contributed by atoms with van der Waals surface area (Å²) in [7, 11) is 0. The Hall–Kier alpha value is -1.55. The van der Waals surface area contributed by atoms with Gasteiger partial charge in [-0.3, -0.25) is 4.90 Å². The molecule has 1 unspecified atom stereocenters. The van der Waals surface area contributed by atoms with E-state index in [1.807, 2.05) is 18.2 Å². The number of piperidine rings is 1. The van der Waals surface area contributed by atoms with Crippen molar-refractivity contribution in [3.05, 3.63) is 29.8 Å². The van der Waals surface area contributed by atoms with E-state index in [2.05, 4.69) is 11.4 Å². The van der Waals surface area contributed by atoms with Gasteiger partial charge in [0.1, 0.15) is 0 Å². The van der Waals surface area contributed by atoms with Crippen LogP contribution in [0.5, 0.6) is 0 Å². The highest BCUT2D eigenvalue weighted by Crippen LogP contribution is 2.27. The lowest BCUT2D eigenvalue weighted by Crippen LogP contribution is -2.36. The van der Waals surface area contributed by atoms with Crippen LogP contribution in [0, 0.1) is 0 Å². The molecule has 0 bridgehead atoms. The summed E-state index contributed by atoms with van der Waals surface area (Å²) in [5, 5.41) is 3.47. The highest BCUT2D eigenvalue weighted by Gasteiger charge is 2.25. The van der Waals surface area contributed by atoms with E-state index in [1.54, 1.807) is 4.90 Å². The molecule has 2 aliphatic heterocycles. The molecule has 3 rings (SSSR count). The maximum Gasteiger partial charge on any atom is 0.414 e. The second-order valence-electron chi connectivity index (χ2n) is 5.58. The summed E-state index contributed by atoms with van der Waals surface area (Å²) in [6, 6.07) is 8.57. The average molecular weight is 274 g/mol. The Labute approximate surface area is 120 Å². The molecular weight excluding hydrogens is 252 g/mol. The van der Waals surface area contributed by atoms with Crippen molar-refractivity contribution in [3.63, 3.8) is 0 Å². The van der Waals surface area contributed by atoms with E-state index < -0.39 is 0 Å². The Morgan fingerprint density at radius 3 is 3.10 bits per heavy atom. The van der Waals surface area contributed by atoms with E-state index >= 15 is 0 Å². The van der Waals surface area contributed by atoms with Crippen molar-refractivity contribution in [2.24, 2.45) is 0 Å². The molecule has 4 nitrogen and oxygen atoms in total. The number of rotatable bonds is 3. The van der Waals surface area contributed by atoms with Gasteiger partial charge in [-0.2, -0.15) is 0 Å². The molecule has 1 N–H and O–H groups in total. The molecule has 2 heterocycles. The number of hydrogen-bond donors (Lipinski definition) is 1. The fourth-order valence-electron chi connectivity index (χ4n) is 3.06. The summed E-state index contributed by atoms with van der Waals surface area (Å²) < 4.78 is 5.43. The molecule has 108 valence electrons. The van der Waals surface area contributed by atoms with Crippen LogP contribution < -0.4 is 10.2 Å². The van der Waals surface area contributed by atoms with Gasteiger partial charge >= 0.3 is 6.09 Å². The van der Waals surface area contributed by atoms with E-state index in [4.69, 9.17) is 4.74 Å². The minimum atomic E-state index is -0.203. The minimum Gasteiger partial charge on any atom is -0.449 e. The van der Waals surface area contributed by atoms with E-state index in [9.17, 15) is 4.79 Å². The molecule has 2 aliphatic rings. The standard InChI is InChI=1S/C16H22N2O2/c19-16(20-12-9-14-6-3-4-10-17-14)18-11-8-13-5-1-2-7-15(13)18/h1-2,5,7,14,17H,3-4,6,8-12H2. The molecule has 0 saturated carbocycles. The number of para-hydroxylation sites is 1. The van der Waals surface area contributed by atoms with E-state index in [0.29, 0.717) is 12.6 Å². The van der Waals surface area contributed by atoms with Crippen LogP contribution in [-0.4, -0.2) is 31.8 Å². The fourth-order valence-corrected chi connectivity index (χ4v) is 3.06. The zero-order valence-electron chi connectivity index (χ0n) is 11.8. The number of fused-ring (bicyclic) bond motifs is 1. The Morgan fingerprint density at radius 2 is 2.25 bits per heavy atom. The Balaban J connectivity index is 1.48. The van der Waals surface area contributed by atoms with Gasteiger partial charge in [0, 0.05) is 12.6 Å². The summed E-state index contributed by atoms with van der Waals surface area (Å²) in [5.41, 5.74) is 2.24. The van der Waals surface area contributed by atoms with Crippen molar-refractivity contribution in [1.82, 2.24) is 5.32 Å². The van der Waals surface area contributed by atoms with Gasteiger partial charge in [-0.1, -0.05) is 24.6 Å². The monoisotopic (exact) mass is 274 g/mol. The quantitative estimate of drug-likeness (QED) is 0.921. The van der Waals surface area contributed by atoms with E-state index in [-0.39, 0.29) is 6.09 Å². The number of nitrogens with zero attached hydrogens (tertiary/aromatic N) is 1. The third-order valence-corrected chi connectivity index (χ3v) is 4.21. The molecule has 20 heavy (non-hydrogen) atoms. The van der Waals surface area contributed by atoms with Crippen LogP contribution in [0.25, 0.3) is 0 Å². The second-order valence-corrected chi connectivity index (χ2v) is 5.58. The van der Waals surface area contributed by atoms with Crippen LogP contribution >= 0.6 is 0 Å². The molecule has 0 aromatic heterocycles. The fraction of sp³-hybridized carbons (Fsp3) is 0.562. The van der Waals surface area contributed by atoms with Gasteiger partial charge in [0.05, 0.1) is 12.3 Å². The largest absolute Gasteiger partial charge is 0.449 e. The Bertz CT molecular complexity index is 469. The molecule has 0 spiro atoms. The van der Waals surface area contributed by atoms with Crippen molar-refractivity contribution in [2.45, 2.75) is 38.1 Å². The summed E-state index contributed by atoms with van der Waals surface area (Å²) in [6.07, 6.45) is 5.39. The lowest BCUT2D eigenvalue weighted by Gasteiger charge is -2.24. The first kappa shape index (κ1) is 13.4. The zero-order valence-corrected chi connectivity index (χ0v) is 11.8. The first-order valence-electron chi connectivity index (χ1n) is 7.60. The SMILES string of the molecule is O=C(OCCC1CCCCN1)N1CCc2ccccc21. The molecule has 1 aromatic rings. The van der Waals surface area contributed by atoms with Crippen molar-refractivity contribution < 1.29 is 9.53 Å². The van der Waals surface area contributed by atoms with Crippen LogP contribution in [-0.2, 0) is 11.2 Å². The van der Waals surface area contributed by atoms with Crippen LogP contribution in [0.15, 0.2) is 24.3 Å². The van der Waals surface area contributed by atoms with E-state index in [1.165, 1.54) is 24.8 Å². The van der Waals surface area contributed by atoms with Gasteiger partial charge in [0.2, 0.25) is 0 Å². The average Bonchev–Trinajstić information content (AvgIpc) is 2.92. The van der Waals surface area contributed by atoms with Gasteiger partial charge in [0.15, 0.2) is 0 Å². The number of nitrogens with one attached hydrogen (secondary N) is 1. The lowest BCUT2D eigenvalue weighted by atomic mass is 10.0. The molecular formula is C16H22N2O2. The maximum atomic E-state index is 12.1. The number of benzene rings is 1. The topological polar surface area (TPSA) is 41.6 Å². The smallest absolute Gasteiger partial charge is 0.414 e. The Kier molecular flexibility index (Phi) is 4.21. The molecule has 1 fully saturated rings. The molecule has 0 radical (unpaired) electrons. The van der Waals surface area contributed by atoms with Crippen LogP contribution in [0.3, 0.4) is 0 Å². The van der Waals surface area contributed by atoms with Crippen LogP contribution in [0.4, 0.5) is 10.5 Å². The molecule has 1 aromatic carbocycles. The molecule has 0 aliphatic carbocycles. The number of hydrogen-bond acceptors (Lipinski definition) is 3. The number of amides is 1. The highest BCUT2D eigenvalue weighted by atomic mass is 16.6. The van der Waals surface area contributed by atoms with Crippen LogP contribution in [0.2, 0.25) is 0 Å². The summed E-state index contributed by atoms with van der Waals surface area (Å²) in [6.45, 7) is 2.34. The highest BCUT2D eigenvalue weighted by molar-refractivity contribution is 5.90. The summed E-state index contributed by atoms with van der Waals surface area (Å²) in [5.74, 6) is 0. The second kappa shape index (κ2) is 6.27. The van der Waals surface area contributed by atoms with Crippen molar-refractivity contribution in [2.75, 3.05) is 24.6 Å². The third kappa shape index (κ3) is 2.96. The first-order chi connectivity index (χ1) is 9.84. The normalized spacial score (nSPS) is 21.6. The first-order valence-corrected chi connectivity index (χ1v) is 7.60. The third-order valence-electron chi connectivity index (χ3n) is 4.21. The minimum absolute atomic E-state index is 0.203. The molecule has 1 atom stereocenters. The van der Waals surface area contributed by atoms with Gasteiger partial charge in [-0.25, -0.2) is 4.79 Å². The van der Waals surface area contributed by atoms with Crippen molar-refractivity contribution in [3.8, 4) is 0 Å². The molecule has 1 saturated heterocycles.